The zero-order valence-corrected chi connectivity index (χ0v) is 79.9. The van der Waals surface area contributed by atoms with Crippen LogP contribution in [0.1, 0.15) is 327 Å². The fraction of sp³-hybridized carbons (Fsp3) is 0.540. The molecule has 0 saturated carbocycles. The van der Waals surface area contributed by atoms with Gasteiger partial charge in [-0.2, -0.15) is 0 Å². The first-order valence-corrected chi connectivity index (χ1v) is 53.8. The van der Waals surface area contributed by atoms with Crippen LogP contribution in [0, 0.1) is 17.2 Å². The molecular weight excluding hydrogens is 1620 g/mol. The number of carbonyl (C=O) groups excluding carboxylic acids is 2. The van der Waals surface area contributed by atoms with Crippen LogP contribution < -0.4 is 4.78 Å². The van der Waals surface area contributed by atoms with Gasteiger partial charge in [0.25, 0.3) is 11.8 Å². The Labute approximate surface area is 745 Å². The SMILES string of the molecule is CC1(C)OB(c2ccc(C3=CC=[C+]S3)s2)OC1(C)C.CCCCCCCCCCCCC(CCCCCCCCCC)CN1C(=O)C2=C(c3ccc(-c4ccc(-c5ccc(-c6cccs6)s5)s4)s3)N(CC(CCCCCCCCCC)CCCCCCCCCCCC)C(=O)C2=C1c1ccc(-c2ccc(-c3ccc(-c4cccs4)s3)s2)s1. The fourth-order valence-corrected chi connectivity index (χ4v) is 26.7. The van der Waals surface area contributed by atoms with Crippen LogP contribution in [0.25, 0.3) is 74.8 Å². The molecule has 628 valence electrons. The maximum atomic E-state index is 16.5. The second-order valence-electron chi connectivity index (χ2n) is 34.1. The third kappa shape index (κ3) is 26.0. The van der Waals surface area contributed by atoms with Gasteiger partial charge in [-0.1, -0.05) is 277 Å². The summed E-state index contributed by atoms with van der Waals surface area (Å²) in [6.07, 6.45) is 55.5. The van der Waals surface area contributed by atoms with Crippen molar-refractivity contribution in [1.82, 2.24) is 9.80 Å². The van der Waals surface area contributed by atoms with Gasteiger partial charge in [0.2, 0.25) is 0 Å². The molecule has 6 nitrogen and oxygen atoms in total. The molecule has 9 aromatic rings. The summed E-state index contributed by atoms with van der Waals surface area (Å²) in [5.41, 5.74) is 2.51. The highest BCUT2D eigenvalue weighted by Crippen LogP contribution is 2.53. The molecule has 0 aliphatic carbocycles. The van der Waals surface area contributed by atoms with Crippen LogP contribution in [0.2, 0.25) is 0 Å². The highest BCUT2D eigenvalue weighted by atomic mass is 32.2. The molecule has 17 heteroatoms. The summed E-state index contributed by atoms with van der Waals surface area (Å²) in [4.78, 5) is 57.2. The van der Waals surface area contributed by atoms with E-state index in [4.69, 9.17) is 9.31 Å². The number of fused-ring (bicyclic) bond motifs is 1. The number of hydrogen-bond donors (Lipinski definition) is 0. The molecular formula is C100H132BN2O4S10+. The van der Waals surface area contributed by atoms with Crippen molar-refractivity contribution in [2.45, 2.75) is 323 Å². The molecule has 0 spiro atoms. The number of thioether (sulfide) groups is 1. The molecule has 2 unspecified atom stereocenters. The normalized spacial score (nSPS) is 15.6. The van der Waals surface area contributed by atoms with Crippen molar-refractivity contribution in [2.75, 3.05) is 13.1 Å². The number of amides is 2. The quantitative estimate of drug-likeness (QED) is 0.0216. The third-order valence-electron chi connectivity index (χ3n) is 24.4. The topological polar surface area (TPSA) is 59.1 Å². The van der Waals surface area contributed by atoms with E-state index in [0.29, 0.717) is 36.1 Å². The first kappa shape index (κ1) is 91.6. The lowest BCUT2D eigenvalue weighted by Gasteiger charge is -2.32. The number of hydrogen-bond acceptors (Lipinski definition) is 14. The maximum Gasteiger partial charge on any atom is 0.505 e. The highest BCUT2D eigenvalue weighted by molar-refractivity contribution is 8.10. The van der Waals surface area contributed by atoms with E-state index in [1.807, 2.05) is 51.4 Å². The average molecular weight is 1760 g/mol. The molecule has 1 fully saturated rings. The Morgan fingerprint density at radius 3 is 0.889 bits per heavy atom. The summed E-state index contributed by atoms with van der Waals surface area (Å²) in [5.74, 6) is 0.786. The summed E-state index contributed by atoms with van der Waals surface area (Å²) in [7, 11) is -0.257. The number of thiophene rings is 9. The monoisotopic (exact) mass is 1760 g/mol. The lowest BCUT2D eigenvalue weighted by molar-refractivity contribution is -0.124. The molecule has 1 saturated heterocycles. The van der Waals surface area contributed by atoms with Gasteiger partial charge >= 0.3 is 7.12 Å². The maximum absolute atomic E-state index is 16.5. The highest BCUT2D eigenvalue weighted by Gasteiger charge is 2.53. The van der Waals surface area contributed by atoms with Gasteiger partial charge in [-0.3, -0.25) is 9.59 Å². The van der Waals surface area contributed by atoms with Gasteiger partial charge in [0.15, 0.2) is 6.08 Å². The molecule has 0 bridgehead atoms. The van der Waals surface area contributed by atoms with Crippen LogP contribution in [0.3, 0.4) is 0 Å². The molecule has 117 heavy (non-hydrogen) atoms. The van der Waals surface area contributed by atoms with Gasteiger partial charge in [0.1, 0.15) is 10.3 Å². The number of allylic oxidation sites excluding steroid dienone is 2. The lowest BCUT2D eigenvalue weighted by Crippen LogP contribution is -2.41. The molecule has 0 N–H and O–H groups in total. The number of carbonyl (C=O) groups is 2. The minimum Gasteiger partial charge on any atom is -0.399 e. The van der Waals surface area contributed by atoms with Gasteiger partial charge in [0, 0.05) is 76.4 Å². The number of rotatable bonds is 54. The summed E-state index contributed by atoms with van der Waals surface area (Å²) in [6.45, 7) is 18.9. The minimum absolute atomic E-state index is 0.0411. The van der Waals surface area contributed by atoms with Crippen molar-refractivity contribution in [3.8, 4) is 58.5 Å². The van der Waals surface area contributed by atoms with Crippen molar-refractivity contribution in [2.24, 2.45) is 11.8 Å². The Kier molecular flexibility index (Phi) is 37.5. The number of unbranched alkanes of at least 4 members (excludes halogenated alkanes) is 32. The number of nitrogens with zero attached hydrogens (tertiary/aromatic N) is 2. The largest absolute Gasteiger partial charge is 0.505 e. The van der Waals surface area contributed by atoms with E-state index >= 15 is 9.59 Å². The van der Waals surface area contributed by atoms with Crippen LogP contribution in [-0.4, -0.2) is 53.0 Å². The average Bonchev–Trinajstić information content (AvgIpc) is 1.55. The van der Waals surface area contributed by atoms with Crippen LogP contribution in [0.4, 0.5) is 0 Å². The fourth-order valence-electron chi connectivity index (χ4n) is 16.8. The van der Waals surface area contributed by atoms with Crippen LogP contribution >= 0.6 is 114 Å². The Bertz CT molecular complexity index is 4300. The molecule has 4 aliphatic rings. The van der Waals surface area contributed by atoms with Crippen molar-refractivity contribution >= 4 is 154 Å². The summed E-state index contributed by atoms with van der Waals surface area (Å²) in [5, 5.41) is 7.45. The molecule has 13 rings (SSSR count). The molecule has 0 aromatic carbocycles. The summed E-state index contributed by atoms with van der Waals surface area (Å²) >= 11 is 18.0. The van der Waals surface area contributed by atoms with E-state index < -0.39 is 0 Å². The van der Waals surface area contributed by atoms with Crippen LogP contribution in [0.15, 0.2) is 143 Å². The van der Waals surface area contributed by atoms with Gasteiger partial charge in [-0.25, -0.2) is 0 Å². The first-order chi connectivity index (χ1) is 57.2. The Hall–Kier alpha value is -4.56. The van der Waals surface area contributed by atoms with E-state index in [1.54, 1.807) is 68.4 Å². The van der Waals surface area contributed by atoms with E-state index in [1.165, 1.54) is 299 Å². The molecule has 13 heterocycles. The summed E-state index contributed by atoms with van der Waals surface area (Å²) < 4.78 is 13.3. The van der Waals surface area contributed by atoms with Crippen molar-refractivity contribution in [3.05, 3.63) is 163 Å². The van der Waals surface area contributed by atoms with Gasteiger partial charge in [-0.05, 0) is 167 Å². The smallest absolute Gasteiger partial charge is 0.399 e. The third-order valence-corrected chi connectivity index (χ3v) is 35.9. The van der Waals surface area contributed by atoms with Crippen LogP contribution in [-0.2, 0) is 18.9 Å². The van der Waals surface area contributed by atoms with E-state index in [2.05, 4.69) is 197 Å². The van der Waals surface area contributed by atoms with Crippen molar-refractivity contribution in [1.29, 1.82) is 0 Å². The second kappa shape index (κ2) is 47.9. The van der Waals surface area contributed by atoms with Gasteiger partial charge in [-0.15, -0.1) is 102 Å². The minimum atomic E-state index is -0.279. The molecule has 4 aliphatic heterocycles. The van der Waals surface area contributed by atoms with Gasteiger partial charge in [0.05, 0.1) is 66.2 Å². The predicted octanol–water partition coefficient (Wildman–Crippen LogP) is 34.4. The molecule has 2 atom stereocenters. The molecule has 0 radical (unpaired) electrons. The zero-order valence-electron chi connectivity index (χ0n) is 71.7. The zero-order chi connectivity index (χ0) is 81.6. The van der Waals surface area contributed by atoms with E-state index in [9.17, 15) is 0 Å². The Balaban J connectivity index is 0.000000576. The second-order valence-corrected chi connectivity index (χ2v) is 44.5. The predicted molar refractivity (Wildman–Crippen MR) is 524 cm³/mol. The van der Waals surface area contributed by atoms with E-state index in [-0.39, 0.29) is 30.1 Å². The summed E-state index contributed by atoms with van der Waals surface area (Å²) in [6, 6.07) is 40.3. The van der Waals surface area contributed by atoms with Crippen molar-refractivity contribution < 1.29 is 18.9 Å². The molecule has 2 amide bonds. The Morgan fingerprint density at radius 2 is 0.607 bits per heavy atom. The van der Waals surface area contributed by atoms with E-state index in [0.717, 1.165) is 51.6 Å². The Morgan fingerprint density at radius 1 is 0.333 bits per heavy atom. The lowest BCUT2D eigenvalue weighted by atomic mass is 9.88. The van der Waals surface area contributed by atoms with Crippen LogP contribution in [0.5, 0.6) is 0 Å². The standard InChI is InChI=1S/C86H116N2O2S8.C14H16BO2S2/c1-5-9-13-17-21-25-27-31-35-39-45-65(43-37-33-29-23-19-15-11-7-3)63-87-83(79-59-57-77(97-79)75-55-53-73(95-75)71-51-49-69(93-71)67-47-41-61-91-67)81-82(85(87)89)84(80-60-58-78(98-80)76-56-54-74(96-76)72-52-50-70(94-72)68-48-42-62-92-68)88(86(81)90)64-66(44-38-34-30-24-20-16-12-8-4)46-40-36-32-28-26-22-18-14-10-6-2;1-13(2)14(3,4)17-15(16-13)12-8-7-11(19-12)10-6-5-9-18-10/h41-42,47-62,65-66H,5-40,43-46,63-64H2,1-4H3;5-8H,1-4H3/q;+1. The first-order valence-electron chi connectivity index (χ1n) is 45.5. The van der Waals surface area contributed by atoms with Gasteiger partial charge < -0.3 is 19.1 Å². The molecule has 9 aromatic heterocycles. The van der Waals surface area contributed by atoms with Crippen molar-refractivity contribution in [3.63, 3.8) is 0 Å².